The maximum absolute atomic E-state index is 12.6. The highest BCUT2D eigenvalue weighted by Gasteiger charge is 2.58. The van der Waals surface area contributed by atoms with E-state index in [2.05, 4.69) is 27.7 Å². The van der Waals surface area contributed by atoms with Gasteiger partial charge < -0.3 is 34.3 Å². The van der Waals surface area contributed by atoms with E-state index < -0.39 is 23.3 Å². The summed E-state index contributed by atoms with van der Waals surface area (Å²) in [4.78, 5) is 35.2. The van der Waals surface area contributed by atoms with Crippen LogP contribution in [0.15, 0.2) is 0 Å². The molecule has 8 rings (SSSR count). The van der Waals surface area contributed by atoms with Crippen molar-refractivity contribution in [3.8, 4) is 0 Å². The van der Waals surface area contributed by atoms with E-state index in [0.717, 1.165) is 38.5 Å². The summed E-state index contributed by atoms with van der Waals surface area (Å²) in [5.41, 5.74) is -0.837. The molecule has 8 fully saturated rings. The quantitative estimate of drug-likeness (QED) is 0.208. The van der Waals surface area contributed by atoms with Crippen LogP contribution in [0.1, 0.15) is 111 Å². The fraction of sp³-hybridized carbons (Fsp3) is 0.921. The van der Waals surface area contributed by atoms with Gasteiger partial charge in [0.05, 0.1) is 60.2 Å². The van der Waals surface area contributed by atoms with Crippen molar-refractivity contribution in [1.82, 2.24) is 0 Å². The number of carboxylic acids is 3. The monoisotopic (exact) mass is 674 g/mol. The third-order valence-corrected chi connectivity index (χ3v) is 14.4. The van der Waals surface area contributed by atoms with Crippen molar-refractivity contribution >= 4 is 17.9 Å². The van der Waals surface area contributed by atoms with Crippen LogP contribution in [0.3, 0.4) is 0 Å². The molecular weight excluding hydrogens is 616 g/mol. The van der Waals surface area contributed by atoms with Gasteiger partial charge in [-0.3, -0.25) is 14.4 Å². The maximum atomic E-state index is 12.6. The van der Waals surface area contributed by atoms with Gasteiger partial charge in [-0.15, -0.1) is 0 Å². The second-order valence-corrected chi connectivity index (χ2v) is 17.6. The van der Waals surface area contributed by atoms with Gasteiger partial charge in [-0.1, -0.05) is 27.7 Å². The van der Waals surface area contributed by atoms with Gasteiger partial charge in [-0.2, -0.15) is 0 Å². The van der Waals surface area contributed by atoms with Gasteiger partial charge in [0.2, 0.25) is 0 Å². The van der Waals surface area contributed by atoms with Crippen LogP contribution in [0, 0.1) is 58.7 Å². The van der Waals surface area contributed by atoms with E-state index in [1.807, 2.05) is 0 Å². The van der Waals surface area contributed by atoms with Crippen molar-refractivity contribution < 1.29 is 48.7 Å². The molecular formula is C38H58O10. The third kappa shape index (κ3) is 7.47. The molecule has 0 aromatic rings. The van der Waals surface area contributed by atoms with E-state index in [4.69, 9.17) is 24.1 Å². The lowest BCUT2D eigenvalue weighted by molar-refractivity contribution is -0.154. The smallest absolute Gasteiger partial charge is 0.309 e. The second kappa shape index (κ2) is 13.4. The van der Waals surface area contributed by atoms with Crippen molar-refractivity contribution in [3.63, 3.8) is 0 Å². The first-order chi connectivity index (χ1) is 22.8. The minimum Gasteiger partial charge on any atom is -0.481 e. The van der Waals surface area contributed by atoms with Crippen molar-refractivity contribution in [2.45, 2.75) is 160 Å². The number of fused-ring (bicyclic) bond motifs is 4. The molecule has 4 aliphatic heterocycles. The maximum Gasteiger partial charge on any atom is 0.309 e. The minimum absolute atomic E-state index is 0.00123. The first kappa shape index (κ1) is 34.7. The molecule has 270 valence electrons. The molecule has 0 radical (unpaired) electrons. The topological polar surface area (TPSA) is 162 Å². The molecule has 0 aromatic carbocycles. The van der Waals surface area contributed by atoms with E-state index in [1.165, 1.54) is 12.8 Å². The lowest BCUT2D eigenvalue weighted by Gasteiger charge is -2.40. The van der Waals surface area contributed by atoms with Crippen LogP contribution >= 0.6 is 0 Å². The normalized spacial score (nSPS) is 48.9. The number of carbonyl (C=O) groups is 3. The summed E-state index contributed by atoms with van der Waals surface area (Å²) in [6, 6.07) is 0. The van der Waals surface area contributed by atoms with Crippen LogP contribution in [-0.2, 0) is 33.3 Å². The lowest BCUT2D eigenvalue weighted by Crippen LogP contribution is -2.40. The predicted octanol–water partition coefficient (Wildman–Crippen LogP) is 6.03. The number of rotatable bonds is 12. The van der Waals surface area contributed by atoms with Crippen LogP contribution in [-0.4, -0.2) is 82.1 Å². The molecule has 4 saturated carbocycles. The van der Waals surface area contributed by atoms with Crippen LogP contribution in [0.5, 0.6) is 0 Å². The highest BCUT2D eigenvalue weighted by molar-refractivity contribution is 5.75. The van der Waals surface area contributed by atoms with Gasteiger partial charge in [0, 0.05) is 6.42 Å². The van der Waals surface area contributed by atoms with Crippen LogP contribution in [0.4, 0.5) is 0 Å². The zero-order valence-corrected chi connectivity index (χ0v) is 29.2. The summed E-state index contributed by atoms with van der Waals surface area (Å²) in [6.45, 7) is 8.89. The van der Waals surface area contributed by atoms with E-state index in [9.17, 15) is 24.6 Å². The largest absolute Gasteiger partial charge is 0.481 e. The Morgan fingerprint density at radius 2 is 1.06 bits per heavy atom. The summed E-state index contributed by atoms with van der Waals surface area (Å²) < 4.78 is 22.7. The molecule has 4 aliphatic carbocycles. The molecule has 0 aromatic heterocycles. The summed E-state index contributed by atoms with van der Waals surface area (Å²) in [5, 5.41) is 28.9. The molecule has 0 amide bonds. The van der Waals surface area contributed by atoms with Gasteiger partial charge in [0.25, 0.3) is 0 Å². The molecule has 0 spiro atoms. The van der Waals surface area contributed by atoms with Crippen LogP contribution < -0.4 is 0 Å². The summed E-state index contributed by atoms with van der Waals surface area (Å²) >= 11 is 0. The SMILES string of the molecule is CC1CC2OC2CC1CC(CCCC(=O)O)(CC1CC2OC2CC1C)C(=O)O.CC1CC2OC2CC1CC1CC2OC2C(C(=O)O)C1C. The number of ether oxygens (including phenoxy) is 4. The Kier molecular flexibility index (Phi) is 9.70. The predicted molar refractivity (Wildman–Crippen MR) is 174 cm³/mol. The standard InChI is InChI=1S/C22H34O6.C16H24O4/c1-12-6-16-18(27-16)8-14(12)10-22(21(25)26,5-3-4-20(23)24)11-15-9-19-17(28-19)7-13(15)2;1-7-3-11-12(19-11)5-9(7)4-10-6-13-15(20-13)14(8(10)2)16(17)18/h12-19H,3-11H2,1-2H3,(H,23,24)(H,25,26);7-15H,3-6H2,1-2H3,(H,17,18). The first-order valence-electron chi connectivity index (χ1n) is 19.1. The number of aliphatic carboxylic acids is 3. The average molecular weight is 675 g/mol. The van der Waals surface area contributed by atoms with Crippen molar-refractivity contribution in [2.24, 2.45) is 58.7 Å². The first-order valence-corrected chi connectivity index (χ1v) is 19.1. The Bertz CT molecular complexity index is 1190. The Morgan fingerprint density at radius 3 is 1.54 bits per heavy atom. The van der Waals surface area contributed by atoms with Crippen LogP contribution in [0.2, 0.25) is 0 Å². The molecule has 10 heteroatoms. The number of epoxide rings is 4. The van der Waals surface area contributed by atoms with E-state index in [1.54, 1.807) is 0 Å². The Labute approximate surface area is 285 Å². The van der Waals surface area contributed by atoms with Crippen molar-refractivity contribution in [3.05, 3.63) is 0 Å². The molecule has 17 unspecified atom stereocenters. The third-order valence-electron chi connectivity index (χ3n) is 14.4. The minimum atomic E-state index is -0.847. The Balaban J connectivity index is 0.000000160. The van der Waals surface area contributed by atoms with Crippen LogP contribution in [0.25, 0.3) is 0 Å². The van der Waals surface area contributed by atoms with Gasteiger partial charge >= 0.3 is 17.9 Å². The van der Waals surface area contributed by atoms with Gasteiger partial charge in [-0.25, -0.2) is 0 Å². The molecule has 17 atom stereocenters. The Hall–Kier alpha value is -1.75. The second-order valence-electron chi connectivity index (χ2n) is 17.6. The lowest BCUT2D eigenvalue weighted by atomic mass is 9.62. The zero-order chi connectivity index (χ0) is 34.1. The van der Waals surface area contributed by atoms with E-state index >= 15 is 0 Å². The fourth-order valence-electron chi connectivity index (χ4n) is 10.9. The average Bonchev–Trinajstić information content (AvgIpc) is 3.80. The molecule has 48 heavy (non-hydrogen) atoms. The zero-order valence-electron chi connectivity index (χ0n) is 29.2. The van der Waals surface area contributed by atoms with Gasteiger partial charge in [-0.05, 0) is 124 Å². The summed E-state index contributed by atoms with van der Waals surface area (Å²) in [5.74, 6) is 1.21. The number of carboxylic acid groups (broad SMARTS) is 3. The van der Waals surface area contributed by atoms with Gasteiger partial charge in [0.15, 0.2) is 0 Å². The molecule has 4 saturated heterocycles. The highest BCUT2D eigenvalue weighted by atomic mass is 16.6. The highest BCUT2D eigenvalue weighted by Crippen LogP contribution is 2.54. The van der Waals surface area contributed by atoms with Crippen molar-refractivity contribution in [1.29, 1.82) is 0 Å². The molecule has 0 bridgehead atoms. The summed E-state index contributed by atoms with van der Waals surface area (Å²) in [6.07, 6.45) is 13.4. The van der Waals surface area contributed by atoms with Gasteiger partial charge in [0.1, 0.15) is 0 Å². The number of hydrogen-bond acceptors (Lipinski definition) is 7. The summed E-state index contributed by atoms with van der Waals surface area (Å²) in [7, 11) is 0. The van der Waals surface area contributed by atoms with E-state index in [-0.39, 0.29) is 30.5 Å². The molecule has 4 heterocycles. The molecule has 10 nitrogen and oxygen atoms in total. The molecule has 8 aliphatic rings. The van der Waals surface area contributed by atoms with E-state index in [0.29, 0.717) is 104 Å². The number of hydrogen-bond donors (Lipinski definition) is 3. The Morgan fingerprint density at radius 1 is 0.604 bits per heavy atom. The fourth-order valence-corrected chi connectivity index (χ4v) is 10.9. The molecule has 3 N–H and O–H groups in total. The van der Waals surface area contributed by atoms with Crippen molar-refractivity contribution in [2.75, 3.05) is 0 Å².